The molecule has 0 N–H and O–H groups in total. The Labute approximate surface area is 121 Å². The summed E-state index contributed by atoms with van der Waals surface area (Å²) in [5, 5.41) is 8.94. The lowest BCUT2D eigenvalue weighted by atomic mass is 9.94. The number of nitriles is 1. The average molecular weight is 279 g/mol. The van der Waals surface area contributed by atoms with Gasteiger partial charge in [0.25, 0.3) is 0 Å². The summed E-state index contributed by atoms with van der Waals surface area (Å²) in [6, 6.07) is 2.22. The van der Waals surface area contributed by atoms with Crippen molar-refractivity contribution >= 4 is 5.91 Å². The van der Waals surface area contributed by atoms with Crippen LogP contribution in [0.2, 0.25) is 0 Å². The highest BCUT2D eigenvalue weighted by Crippen LogP contribution is 2.23. The van der Waals surface area contributed by atoms with E-state index in [0.717, 1.165) is 25.9 Å². The lowest BCUT2D eigenvalue weighted by Crippen LogP contribution is -2.51. The SMILES string of the molecule is C[C@@H]1CN(C(=O)C2CCN([C@@H](C)C#N)CC2)C[C@H](C)O1. The van der Waals surface area contributed by atoms with E-state index in [4.69, 9.17) is 10.00 Å². The molecule has 3 atom stereocenters. The smallest absolute Gasteiger partial charge is 0.225 e. The summed E-state index contributed by atoms with van der Waals surface area (Å²) in [5.74, 6) is 0.394. The quantitative estimate of drug-likeness (QED) is 0.763. The number of likely N-dealkylation sites (tertiary alicyclic amines) is 1. The van der Waals surface area contributed by atoms with Crippen LogP contribution in [-0.4, -0.2) is 60.1 Å². The second-order valence-corrected chi connectivity index (χ2v) is 6.12. The molecule has 0 radical (unpaired) electrons. The molecule has 2 heterocycles. The van der Waals surface area contributed by atoms with Crippen molar-refractivity contribution in [2.75, 3.05) is 26.2 Å². The summed E-state index contributed by atoms with van der Waals surface area (Å²) in [6.07, 6.45) is 1.98. The molecular formula is C15H25N3O2. The summed E-state index contributed by atoms with van der Waals surface area (Å²) in [7, 11) is 0. The zero-order chi connectivity index (χ0) is 14.7. The Balaban J connectivity index is 1.87. The van der Waals surface area contributed by atoms with Crippen LogP contribution in [0.25, 0.3) is 0 Å². The number of hydrogen-bond acceptors (Lipinski definition) is 4. The molecule has 0 aromatic heterocycles. The van der Waals surface area contributed by atoms with Crippen molar-refractivity contribution in [3.05, 3.63) is 0 Å². The zero-order valence-corrected chi connectivity index (χ0v) is 12.7. The molecule has 1 amide bonds. The monoisotopic (exact) mass is 279 g/mol. The summed E-state index contributed by atoms with van der Waals surface area (Å²) in [6.45, 7) is 9.07. The Hall–Kier alpha value is -1.12. The predicted molar refractivity (Wildman–Crippen MR) is 76.0 cm³/mol. The molecule has 2 rings (SSSR count). The fourth-order valence-electron chi connectivity index (χ4n) is 3.23. The average Bonchev–Trinajstić information content (AvgIpc) is 2.45. The van der Waals surface area contributed by atoms with Gasteiger partial charge in [-0.1, -0.05) is 0 Å². The molecule has 2 fully saturated rings. The van der Waals surface area contributed by atoms with E-state index in [1.807, 2.05) is 25.7 Å². The summed E-state index contributed by atoms with van der Waals surface area (Å²) in [5.41, 5.74) is 0. The molecule has 0 aromatic rings. The first-order valence-electron chi connectivity index (χ1n) is 7.59. The number of rotatable bonds is 2. The highest BCUT2D eigenvalue weighted by Gasteiger charge is 2.33. The van der Waals surface area contributed by atoms with Crippen molar-refractivity contribution in [1.82, 2.24) is 9.80 Å². The molecule has 0 aliphatic carbocycles. The van der Waals surface area contributed by atoms with E-state index in [1.165, 1.54) is 0 Å². The van der Waals surface area contributed by atoms with Crippen molar-refractivity contribution in [1.29, 1.82) is 5.26 Å². The molecule has 0 spiro atoms. The van der Waals surface area contributed by atoms with Gasteiger partial charge in [0.15, 0.2) is 0 Å². The number of ether oxygens (including phenoxy) is 1. The van der Waals surface area contributed by atoms with Crippen LogP contribution in [-0.2, 0) is 9.53 Å². The van der Waals surface area contributed by atoms with E-state index in [-0.39, 0.29) is 30.1 Å². The van der Waals surface area contributed by atoms with Crippen molar-refractivity contribution in [2.45, 2.75) is 51.9 Å². The Bertz CT molecular complexity index is 375. The van der Waals surface area contributed by atoms with Crippen LogP contribution < -0.4 is 0 Å². The van der Waals surface area contributed by atoms with E-state index < -0.39 is 0 Å². The van der Waals surface area contributed by atoms with Gasteiger partial charge in [0.1, 0.15) is 0 Å². The summed E-state index contributed by atoms with van der Waals surface area (Å²) < 4.78 is 5.68. The molecule has 2 aliphatic rings. The third-order valence-corrected chi connectivity index (χ3v) is 4.34. The van der Waals surface area contributed by atoms with Gasteiger partial charge in [0.05, 0.1) is 24.3 Å². The van der Waals surface area contributed by atoms with Crippen LogP contribution in [0.5, 0.6) is 0 Å². The fourth-order valence-corrected chi connectivity index (χ4v) is 3.23. The number of hydrogen-bond donors (Lipinski definition) is 0. The number of carbonyl (C=O) groups is 1. The predicted octanol–water partition coefficient (Wildman–Crippen LogP) is 1.25. The first-order valence-corrected chi connectivity index (χ1v) is 7.59. The Morgan fingerprint density at radius 1 is 1.25 bits per heavy atom. The highest BCUT2D eigenvalue weighted by atomic mass is 16.5. The van der Waals surface area contributed by atoms with E-state index in [2.05, 4.69) is 11.0 Å². The molecule has 0 saturated carbocycles. The number of carbonyl (C=O) groups excluding carboxylic acids is 1. The fraction of sp³-hybridized carbons (Fsp3) is 0.867. The van der Waals surface area contributed by atoms with E-state index in [1.54, 1.807) is 0 Å². The molecular weight excluding hydrogens is 254 g/mol. The topological polar surface area (TPSA) is 56.6 Å². The second-order valence-electron chi connectivity index (χ2n) is 6.12. The Morgan fingerprint density at radius 2 is 1.80 bits per heavy atom. The number of amides is 1. The van der Waals surface area contributed by atoms with Crippen molar-refractivity contribution < 1.29 is 9.53 Å². The van der Waals surface area contributed by atoms with Gasteiger partial charge in [-0.15, -0.1) is 0 Å². The van der Waals surface area contributed by atoms with Gasteiger partial charge >= 0.3 is 0 Å². The van der Waals surface area contributed by atoms with E-state index in [0.29, 0.717) is 13.1 Å². The van der Waals surface area contributed by atoms with Gasteiger partial charge in [-0.25, -0.2) is 0 Å². The molecule has 0 unspecified atom stereocenters. The Morgan fingerprint density at radius 3 is 2.30 bits per heavy atom. The largest absolute Gasteiger partial charge is 0.372 e. The van der Waals surface area contributed by atoms with Crippen molar-refractivity contribution in [3.8, 4) is 6.07 Å². The maximum absolute atomic E-state index is 12.6. The van der Waals surface area contributed by atoms with Gasteiger partial charge in [0, 0.05) is 32.1 Å². The lowest BCUT2D eigenvalue weighted by molar-refractivity contribution is -0.149. The second kappa shape index (κ2) is 6.55. The molecule has 0 aromatic carbocycles. The summed E-state index contributed by atoms with van der Waals surface area (Å²) in [4.78, 5) is 16.7. The minimum atomic E-state index is -0.0468. The van der Waals surface area contributed by atoms with Crippen LogP contribution >= 0.6 is 0 Å². The molecule has 5 heteroatoms. The zero-order valence-electron chi connectivity index (χ0n) is 12.7. The van der Waals surface area contributed by atoms with Gasteiger partial charge in [0.2, 0.25) is 5.91 Å². The van der Waals surface area contributed by atoms with Gasteiger partial charge < -0.3 is 9.64 Å². The lowest BCUT2D eigenvalue weighted by Gasteiger charge is -2.39. The highest BCUT2D eigenvalue weighted by molar-refractivity contribution is 5.79. The van der Waals surface area contributed by atoms with Crippen LogP contribution in [0.1, 0.15) is 33.6 Å². The molecule has 112 valence electrons. The van der Waals surface area contributed by atoms with Crippen LogP contribution in [0.15, 0.2) is 0 Å². The van der Waals surface area contributed by atoms with Crippen molar-refractivity contribution in [3.63, 3.8) is 0 Å². The molecule has 2 saturated heterocycles. The Kier molecular flexibility index (Phi) is 5.00. The molecule has 5 nitrogen and oxygen atoms in total. The van der Waals surface area contributed by atoms with E-state index >= 15 is 0 Å². The normalized spacial score (nSPS) is 30.8. The minimum Gasteiger partial charge on any atom is -0.372 e. The standard InChI is InChI=1S/C15H25N3O2/c1-11(8-16)17-6-4-14(5-7-17)15(19)18-9-12(2)20-13(3)10-18/h11-14H,4-7,9-10H2,1-3H3/t11-,12-,13+/m0/s1. The first-order chi connectivity index (χ1) is 9.51. The maximum Gasteiger partial charge on any atom is 0.225 e. The maximum atomic E-state index is 12.6. The van der Waals surface area contributed by atoms with Gasteiger partial charge in [-0.2, -0.15) is 5.26 Å². The number of piperidine rings is 1. The third-order valence-electron chi connectivity index (χ3n) is 4.34. The first kappa shape index (κ1) is 15.3. The summed E-state index contributed by atoms with van der Waals surface area (Å²) >= 11 is 0. The van der Waals surface area contributed by atoms with Crippen molar-refractivity contribution in [2.24, 2.45) is 5.92 Å². The minimum absolute atomic E-state index is 0.0468. The molecule has 2 aliphatic heterocycles. The molecule has 20 heavy (non-hydrogen) atoms. The molecule has 0 bridgehead atoms. The van der Waals surface area contributed by atoms with E-state index in [9.17, 15) is 4.79 Å². The third kappa shape index (κ3) is 3.50. The van der Waals surface area contributed by atoms with Crippen LogP contribution in [0.3, 0.4) is 0 Å². The van der Waals surface area contributed by atoms with Gasteiger partial charge in [-0.3, -0.25) is 9.69 Å². The van der Waals surface area contributed by atoms with Crippen LogP contribution in [0.4, 0.5) is 0 Å². The van der Waals surface area contributed by atoms with Gasteiger partial charge in [-0.05, 0) is 33.6 Å². The number of morpholine rings is 1. The number of nitrogens with zero attached hydrogens (tertiary/aromatic N) is 3. The van der Waals surface area contributed by atoms with Crippen LogP contribution in [0, 0.1) is 17.2 Å².